The molecule has 1 rings (SSSR count). The van der Waals surface area contributed by atoms with E-state index >= 15 is 0 Å². The van der Waals surface area contributed by atoms with Crippen LogP contribution in [-0.2, 0) is 33.5 Å². The fraction of sp³-hybridized carbons (Fsp3) is 0.793. The monoisotopic (exact) mass is 584 g/mol. The van der Waals surface area contributed by atoms with Gasteiger partial charge < -0.3 is 20.5 Å². The zero-order valence-corrected chi connectivity index (χ0v) is 25.0. The number of carboxylic acid groups (broad SMARTS) is 1. The van der Waals surface area contributed by atoms with Gasteiger partial charge in [-0.1, -0.05) is 19.8 Å². The molecule has 0 heterocycles. The minimum absolute atomic E-state index is 0.00570. The van der Waals surface area contributed by atoms with Crippen molar-refractivity contribution < 1.29 is 38.6 Å². The van der Waals surface area contributed by atoms with Crippen LogP contribution in [0, 0.1) is 17.8 Å². The third-order valence-electron chi connectivity index (χ3n) is 7.48. The third kappa shape index (κ3) is 16.1. The summed E-state index contributed by atoms with van der Waals surface area (Å²) in [5, 5.41) is 13.4. The van der Waals surface area contributed by atoms with Crippen LogP contribution in [0.2, 0.25) is 0 Å². The van der Waals surface area contributed by atoms with Crippen LogP contribution in [0.4, 0.5) is 0 Å². The summed E-state index contributed by atoms with van der Waals surface area (Å²) < 4.78 is 5.38. The summed E-state index contributed by atoms with van der Waals surface area (Å²) in [6.45, 7) is 4.79. The largest absolute Gasteiger partial charge is 0.481 e. The second-order valence-corrected chi connectivity index (χ2v) is 11.4. The zero-order valence-electron chi connectivity index (χ0n) is 24.1. The van der Waals surface area contributed by atoms with Gasteiger partial charge in [0.05, 0.1) is 24.9 Å². The fourth-order valence-electron chi connectivity index (χ4n) is 4.88. The highest BCUT2D eigenvalue weighted by Crippen LogP contribution is 2.30. The van der Waals surface area contributed by atoms with Gasteiger partial charge in [-0.25, -0.2) is 0 Å². The molecule has 0 aromatic rings. The average Bonchev–Trinajstić information content (AvgIpc) is 2.92. The van der Waals surface area contributed by atoms with Crippen molar-refractivity contribution in [1.29, 1.82) is 0 Å². The number of nitrogens with one attached hydrogen (secondary N) is 2. The van der Waals surface area contributed by atoms with E-state index in [1.54, 1.807) is 6.92 Å². The number of thiol groups is 1. The minimum atomic E-state index is -1.06. The molecule has 0 bridgehead atoms. The Morgan fingerprint density at radius 1 is 0.925 bits per heavy atom. The lowest BCUT2D eigenvalue weighted by molar-refractivity contribution is -0.138. The van der Waals surface area contributed by atoms with Crippen molar-refractivity contribution in [2.75, 3.05) is 26.3 Å². The lowest BCUT2D eigenvalue weighted by Crippen LogP contribution is -2.37. The highest BCUT2D eigenvalue weighted by atomic mass is 32.1. The van der Waals surface area contributed by atoms with Gasteiger partial charge in [0.2, 0.25) is 11.8 Å². The molecule has 0 aliphatic heterocycles. The molecule has 0 radical (unpaired) electrons. The number of hydrogen-bond donors (Lipinski definition) is 4. The van der Waals surface area contributed by atoms with Gasteiger partial charge in [0.15, 0.2) is 0 Å². The molecule has 2 unspecified atom stereocenters. The Hall–Kier alpha value is -2.27. The van der Waals surface area contributed by atoms with Crippen LogP contribution in [0.25, 0.3) is 0 Å². The first-order chi connectivity index (χ1) is 19.0. The Labute approximate surface area is 243 Å². The summed E-state index contributed by atoms with van der Waals surface area (Å²) in [7, 11) is 0. The van der Waals surface area contributed by atoms with Crippen LogP contribution in [0.3, 0.4) is 0 Å². The maximum atomic E-state index is 12.7. The van der Waals surface area contributed by atoms with Gasteiger partial charge in [-0.15, -0.1) is 0 Å². The standard InChI is InChI=1S/C29H48N2O8S/c1-3-27(35)30-14-16-39-15-13-24(33)17-23(20(2)32)7-5-4-6-8-25(34)22-11-9-21(10-12-22)19-31-29(38)26(40)18-28(36)37/h21-23,26,40H,3-19H2,1-2H3,(H,30,35)(H,31,38)(H,36,37). The van der Waals surface area contributed by atoms with E-state index in [0.29, 0.717) is 39.0 Å². The third-order valence-corrected chi connectivity index (χ3v) is 7.89. The molecule has 1 fully saturated rings. The van der Waals surface area contributed by atoms with Crippen molar-refractivity contribution >= 4 is 47.8 Å². The average molecular weight is 585 g/mol. The van der Waals surface area contributed by atoms with Gasteiger partial charge in [0, 0.05) is 50.6 Å². The van der Waals surface area contributed by atoms with Crippen molar-refractivity contribution in [3.63, 3.8) is 0 Å². The SMILES string of the molecule is CCC(=O)NCCOCCC(=O)CC(CCCCCC(=O)C1CCC(CNC(=O)C(S)CC(=O)O)CC1)C(C)=O. The molecule has 0 spiro atoms. The van der Waals surface area contributed by atoms with Crippen molar-refractivity contribution in [3.8, 4) is 0 Å². The van der Waals surface area contributed by atoms with E-state index in [0.717, 1.165) is 44.9 Å². The molecule has 0 saturated heterocycles. The van der Waals surface area contributed by atoms with Crippen LogP contribution in [0.1, 0.15) is 97.3 Å². The topological polar surface area (TPSA) is 156 Å². The zero-order chi connectivity index (χ0) is 29.9. The molecule has 0 aromatic carbocycles. The van der Waals surface area contributed by atoms with E-state index in [4.69, 9.17) is 9.84 Å². The van der Waals surface area contributed by atoms with E-state index in [2.05, 4.69) is 23.3 Å². The van der Waals surface area contributed by atoms with Gasteiger partial charge in [-0.2, -0.15) is 12.6 Å². The van der Waals surface area contributed by atoms with Gasteiger partial charge >= 0.3 is 5.97 Å². The summed E-state index contributed by atoms with van der Waals surface area (Å²) >= 11 is 4.03. The van der Waals surface area contributed by atoms with E-state index in [-0.39, 0.29) is 72.8 Å². The van der Waals surface area contributed by atoms with Crippen molar-refractivity contribution in [2.24, 2.45) is 17.8 Å². The van der Waals surface area contributed by atoms with Crippen LogP contribution in [-0.4, -0.2) is 71.8 Å². The number of aliphatic carboxylic acids is 1. The number of Topliss-reactive ketones (excluding diaryl/α,β-unsaturated/α-hetero) is 3. The lowest BCUT2D eigenvalue weighted by atomic mass is 9.79. The molecular weight excluding hydrogens is 536 g/mol. The number of ketones is 3. The molecule has 10 nitrogen and oxygen atoms in total. The first kappa shape index (κ1) is 35.8. The summed E-state index contributed by atoms with van der Waals surface area (Å²) in [4.78, 5) is 70.8. The maximum Gasteiger partial charge on any atom is 0.304 e. The number of carbonyl (C=O) groups excluding carboxylic acids is 5. The van der Waals surface area contributed by atoms with Crippen molar-refractivity contribution in [2.45, 2.75) is 103 Å². The van der Waals surface area contributed by atoms with Crippen molar-refractivity contribution in [1.82, 2.24) is 10.6 Å². The first-order valence-corrected chi connectivity index (χ1v) is 15.1. The Balaban J connectivity index is 2.17. The van der Waals surface area contributed by atoms with Gasteiger partial charge in [0.1, 0.15) is 17.3 Å². The Morgan fingerprint density at radius 3 is 2.25 bits per heavy atom. The van der Waals surface area contributed by atoms with Gasteiger partial charge in [-0.3, -0.25) is 28.8 Å². The molecule has 0 aromatic heterocycles. The molecular formula is C29H48N2O8S. The quantitative estimate of drug-likeness (QED) is 0.112. The lowest BCUT2D eigenvalue weighted by Gasteiger charge is -2.28. The smallest absolute Gasteiger partial charge is 0.304 e. The molecule has 2 atom stereocenters. The van der Waals surface area contributed by atoms with Crippen LogP contribution in [0.5, 0.6) is 0 Å². The molecule has 11 heteroatoms. The Morgan fingerprint density at radius 2 is 1.62 bits per heavy atom. The van der Waals surface area contributed by atoms with Gasteiger partial charge in [0.25, 0.3) is 0 Å². The number of amides is 2. The fourth-order valence-corrected chi connectivity index (χ4v) is 5.13. The predicted octanol–water partition coefficient (Wildman–Crippen LogP) is 3.30. The number of ether oxygens (including phenoxy) is 1. The normalized spacial score (nSPS) is 18.4. The summed E-state index contributed by atoms with van der Waals surface area (Å²) in [5.74, 6) is -1.18. The molecule has 1 aliphatic rings. The Kier molecular flexibility index (Phi) is 18.4. The maximum absolute atomic E-state index is 12.7. The second-order valence-electron chi connectivity index (χ2n) is 10.8. The first-order valence-electron chi connectivity index (χ1n) is 14.6. The molecule has 40 heavy (non-hydrogen) atoms. The molecule has 1 aliphatic carbocycles. The number of unbranched alkanes of at least 4 members (excludes halogenated alkanes) is 2. The second kappa shape index (κ2) is 20.6. The molecule has 228 valence electrons. The summed E-state index contributed by atoms with van der Waals surface area (Å²) in [6.07, 6.45) is 7.39. The number of rotatable bonds is 22. The van der Waals surface area contributed by atoms with Gasteiger partial charge in [-0.05, 0) is 51.4 Å². The summed E-state index contributed by atoms with van der Waals surface area (Å²) in [6, 6.07) is 0. The highest BCUT2D eigenvalue weighted by Gasteiger charge is 2.27. The predicted molar refractivity (Wildman–Crippen MR) is 154 cm³/mol. The Bertz CT molecular complexity index is 842. The van der Waals surface area contributed by atoms with Crippen molar-refractivity contribution in [3.05, 3.63) is 0 Å². The van der Waals surface area contributed by atoms with Crippen LogP contribution in [0.15, 0.2) is 0 Å². The number of carbonyl (C=O) groups is 6. The molecule has 3 N–H and O–H groups in total. The summed E-state index contributed by atoms with van der Waals surface area (Å²) in [5.41, 5.74) is 0. The van der Waals surface area contributed by atoms with Crippen LogP contribution >= 0.6 is 12.6 Å². The van der Waals surface area contributed by atoms with Crippen LogP contribution < -0.4 is 10.6 Å². The number of carboxylic acids is 1. The van der Waals surface area contributed by atoms with E-state index in [1.165, 1.54) is 6.92 Å². The molecule has 2 amide bonds. The van der Waals surface area contributed by atoms with E-state index < -0.39 is 11.2 Å². The van der Waals surface area contributed by atoms with E-state index in [9.17, 15) is 28.8 Å². The number of hydrogen-bond acceptors (Lipinski definition) is 8. The molecule has 1 saturated carbocycles. The highest BCUT2D eigenvalue weighted by molar-refractivity contribution is 7.81. The van der Waals surface area contributed by atoms with E-state index in [1.807, 2.05) is 0 Å². The minimum Gasteiger partial charge on any atom is -0.481 e.